The summed E-state index contributed by atoms with van der Waals surface area (Å²) >= 11 is 0. The molecule has 1 saturated carbocycles. The maximum Gasteiger partial charge on any atom is 0.251 e. The molecule has 1 fully saturated rings. The van der Waals surface area contributed by atoms with Crippen LogP contribution in [-0.2, 0) is 11.3 Å². The SMILES string of the molecule is CC(NC(=O)c1ccccc1)c1nc2ccccc2n1CC(=O)NC1CCCCC1. The lowest BCUT2D eigenvalue weighted by Gasteiger charge is -2.23. The van der Waals surface area contributed by atoms with Crippen LogP contribution in [0.5, 0.6) is 0 Å². The Kier molecular flexibility index (Phi) is 6.12. The van der Waals surface area contributed by atoms with Crippen LogP contribution >= 0.6 is 0 Å². The second kappa shape index (κ2) is 9.11. The van der Waals surface area contributed by atoms with Crippen molar-refractivity contribution < 1.29 is 9.59 Å². The minimum Gasteiger partial charge on any atom is -0.352 e. The monoisotopic (exact) mass is 404 g/mol. The van der Waals surface area contributed by atoms with E-state index in [9.17, 15) is 9.59 Å². The molecule has 4 rings (SSSR count). The lowest BCUT2D eigenvalue weighted by atomic mass is 9.95. The molecule has 2 amide bonds. The van der Waals surface area contributed by atoms with Crippen molar-refractivity contribution in [3.05, 3.63) is 66.0 Å². The summed E-state index contributed by atoms with van der Waals surface area (Å²) in [6.07, 6.45) is 5.69. The van der Waals surface area contributed by atoms with E-state index in [0.717, 1.165) is 23.9 Å². The van der Waals surface area contributed by atoms with E-state index in [2.05, 4.69) is 10.6 Å². The van der Waals surface area contributed by atoms with Crippen molar-refractivity contribution in [1.29, 1.82) is 0 Å². The Balaban J connectivity index is 1.55. The van der Waals surface area contributed by atoms with E-state index in [1.807, 2.05) is 54.0 Å². The van der Waals surface area contributed by atoms with Gasteiger partial charge in [-0.2, -0.15) is 0 Å². The van der Waals surface area contributed by atoms with Gasteiger partial charge in [-0.15, -0.1) is 0 Å². The number of carbonyl (C=O) groups excluding carboxylic acids is 2. The number of hydrogen-bond acceptors (Lipinski definition) is 3. The molecular formula is C24H28N4O2. The van der Waals surface area contributed by atoms with Gasteiger partial charge in [-0.25, -0.2) is 4.98 Å². The maximum atomic E-state index is 12.8. The molecule has 1 aliphatic rings. The Hall–Kier alpha value is -3.15. The van der Waals surface area contributed by atoms with Gasteiger partial charge in [0.05, 0.1) is 17.1 Å². The smallest absolute Gasteiger partial charge is 0.251 e. The lowest BCUT2D eigenvalue weighted by Crippen LogP contribution is -2.38. The summed E-state index contributed by atoms with van der Waals surface area (Å²) in [6.45, 7) is 2.09. The van der Waals surface area contributed by atoms with E-state index >= 15 is 0 Å². The first-order valence-corrected chi connectivity index (χ1v) is 10.7. The number of nitrogens with zero attached hydrogens (tertiary/aromatic N) is 2. The molecular weight excluding hydrogens is 376 g/mol. The number of benzene rings is 2. The van der Waals surface area contributed by atoms with Crippen LogP contribution in [0.2, 0.25) is 0 Å². The summed E-state index contributed by atoms with van der Waals surface area (Å²) in [5.74, 6) is 0.514. The Morgan fingerprint density at radius 2 is 1.73 bits per heavy atom. The molecule has 1 heterocycles. The standard InChI is InChI=1S/C24H28N4O2/c1-17(25-24(30)18-10-4-2-5-11-18)23-27-20-14-8-9-15-21(20)28(23)16-22(29)26-19-12-6-3-7-13-19/h2,4-5,8-11,14-15,17,19H,3,6-7,12-13,16H2,1H3,(H,25,30)(H,26,29). The van der Waals surface area contributed by atoms with Gasteiger partial charge in [0.2, 0.25) is 5.91 Å². The zero-order valence-electron chi connectivity index (χ0n) is 17.3. The molecule has 6 nitrogen and oxygen atoms in total. The van der Waals surface area contributed by atoms with Crippen molar-refractivity contribution in [2.24, 2.45) is 0 Å². The number of nitrogens with one attached hydrogen (secondary N) is 2. The summed E-state index contributed by atoms with van der Waals surface area (Å²) in [6, 6.07) is 16.8. The van der Waals surface area contributed by atoms with Crippen molar-refractivity contribution in [3.8, 4) is 0 Å². The summed E-state index contributed by atoms with van der Waals surface area (Å²) in [4.78, 5) is 30.1. The van der Waals surface area contributed by atoms with Crippen LogP contribution in [0.15, 0.2) is 54.6 Å². The highest BCUT2D eigenvalue weighted by atomic mass is 16.2. The molecule has 2 aromatic carbocycles. The molecule has 0 aliphatic heterocycles. The van der Waals surface area contributed by atoms with E-state index in [1.165, 1.54) is 19.3 Å². The maximum absolute atomic E-state index is 12.8. The number of rotatable bonds is 6. The number of imidazole rings is 1. The van der Waals surface area contributed by atoms with Gasteiger partial charge >= 0.3 is 0 Å². The average Bonchev–Trinajstić information content (AvgIpc) is 3.13. The van der Waals surface area contributed by atoms with Crippen LogP contribution in [0.3, 0.4) is 0 Å². The van der Waals surface area contributed by atoms with Gasteiger partial charge in [0.25, 0.3) is 5.91 Å². The van der Waals surface area contributed by atoms with E-state index < -0.39 is 0 Å². The van der Waals surface area contributed by atoms with E-state index in [-0.39, 0.29) is 30.4 Å². The predicted molar refractivity (Wildman–Crippen MR) is 117 cm³/mol. The van der Waals surface area contributed by atoms with Gasteiger partial charge in [-0.3, -0.25) is 9.59 Å². The van der Waals surface area contributed by atoms with Crippen LogP contribution in [0.1, 0.15) is 61.3 Å². The molecule has 0 radical (unpaired) electrons. The summed E-state index contributed by atoms with van der Waals surface area (Å²) in [5.41, 5.74) is 2.31. The fourth-order valence-corrected chi connectivity index (χ4v) is 4.19. The Morgan fingerprint density at radius 1 is 1.03 bits per heavy atom. The van der Waals surface area contributed by atoms with Crippen LogP contribution in [0.25, 0.3) is 11.0 Å². The van der Waals surface area contributed by atoms with Gasteiger partial charge in [0.1, 0.15) is 12.4 Å². The first-order chi connectivity index (χ1) is 14.6. The second-order valence-corrected chi connectivity index (χ2v) is 8.01. The van der Waals surface area contributed by atoms with Gasteiger partial charge in [-0.1, -0.05) is 49.6 Å². The number of fused-ring (bicyclic) bond motifs is 1. The van der Waals surface area contributed by atoms with Gasteiger partial charge < -0.3 is 15.2 Å². The summed E-state index contributed by atoms with van der Waals surface area (Å²) < 4.78 is 1.92. The van der Waals surface area contributed by atoms with E-state index in [4.69, 9.17) is 4.98 Å². The van der Waals surface area contributed by atoms with E-state index in [0.29, 0.717) is 11.4 Å². The summed E-state index contributed by atoms with van der Waals surface area (Å²) in [5, 5.41) is 6.19. The zero-order chi connectivity index (χ0) is 20.9. The number of aromatic nitrogens is 2. The molecule has 1 unspecified atom stereocenters. The number of para-hydroxylation sites is 2. The molecule has 2 N–H and O–H groups in total. The van der Waals surface area contributed by atoms with Crippen LogP contribution in [0.4, 0.5) is 0 Å². The summed E-state index contributed by atoms with van der Waals surface area (Å²) in [7, 11) is 0. The number of hydrogen-bond donors (Lipinski definition) is 2. The van der Waals surface area contributed by atoms with Crippen LogP contribution in [0, 0.1) is 0 Å². The van der Waals surface area contributed by atoms with Crippen molar-refractivity contribution in [2.75, 3.05) is 0 Å². The molecule has 0 bridgehead atoms. The topological polar surface area (TPSA) is 76.0 Å². The Labute approximate surface area is 176 Å². The van der Waals surface area contributed by atoms with Crippen molar-refractivity contribution in [1.82, 2.24) is 20.2 Å². The third-order valence-electron chi connectivity index (χ3n) is 5.73. The Morgan fingerprint density at radius 3 is 2.50 bits per heavy atom. The van der Waals surface area contributed by atoms with Crippen LogP contribution in [-0.4, -0.2) is 27.4 Å². The highest BCUT2D eigenvalue weighted by Gasteiger charge is 2.22. The molecule has 1 atom stereocenters. The molecule has 1 aromatic heterocycles. The molecule has 30 heavy (non-hydrogen) atoms. The minimum absolute atomic E-state index is 0.00658. The largest absolute Gasteiger partial charge is 0.352 e. The first kappa shape index (κ1) is 20.1. The van der Waals surface area contributed by atoms with Crippen molar-refractivity contribution in [3.63, 3.8) is 0 Å². The predicted octanol–water partition coefficient (Wildman–Crippen LogP) is 3.98. The molecule has 156 valence electrons. The van der Waals surface area contributed by atoms with E-state index in [1.54, 1.807) is 12.1 Å². The van der Waals surface area contributed by atoms with Crippen LogP contribution < -0.4 is 10.6 Å². The molecule has 1 aliphatic carbocycles. The average molecular weight is 405 g/mol. The second-order valence-electron chi connectivity index (χ2n) is 8.01. The highest BCUT2D eigenvalue weighted by Crippen LogP contribution is 2.22. The van der Waals surface area contributed by atoms with Crippen molar-refractivity contribution >= 4 is 22.8 Å². The van der Waals surface area contributed by atoms with Gasteiger partial charge in [0.15, 0.2) is 0 Å². The lowest BCUT2D eigenvalue weighted by molar-refractivity contribution is -0.122. The fraction of sp³-hybridized carbons (Fsp3) is 0.375. The molecule has 0 spiro atoms. The third-order valence-corrected chi connectivity index (χ3v) is 5.73. The number of amides is 2. The third kappa shape index (κ3) is 4.53. The quantitative estimate of drug-likeness (QED) is 0.653. The zero-order valence-corrected chi connectivity index (χ0v) is 17.3. The first-order valence-electron chi connectivity index (χ1n) is 10.7. The normalized spacial score (nSPS) is 15.6. The minimum atomic E-state index is -0.340. The van der Waals surface area contributed by atoms with Gasteiger partial charge in [0, 0.05) is 11.6 Å². The Bertz CT molecular complexity index is 1020. The number of carbonyl (C=O) groups is 2. The molecule has 0 saturated heterocycles. The fourth-order valence-electron chi connectivity index (χ4n) is 4.19. The van der Waals surface area contributed by atoms with Crippen molar-refractivity contribution in [2.45, 2.75) is 57.7 Å². The molecule has 6 heteroatoms. The molecule has 3 aromatic rings. The highest BCUT2D eigenvalue weighted by molar-refractivity contribution is 5.94. The van der Waals surface area contributed by atoms with Gasteiger partial charge in [-0.05, 0) is 44.0 Å².